The van der Waals surface area contributed by atoms with Crippen LogP contribution in [-0.4, -0.2) is 35.9 Å². The van der Waals surface area contributed by atoms with Gasteiger partial charge in [-0.05, 0) is 48.6 Å². The number of benzene rings is 2. The van der Waals surface area contributed by atoms with E-state index in [1.54, 1.807) is 11.8 Å². The minimum atomic E-state index is -0.600. The van der Waals surface area contributed by atoms with E-state index in [-0.39, 0.29) is 24.3 Å². The Morgan fingerprint density at radius 2 is 1.73 bits per heavy atom. The second kappa shape index (κ2) is 11.7. The molecule has 162 valence electrons. The lowest BCUT2D eigenvalue weighted by atomic mass is 10.0. The van der Waals surface area contributed by atoms with Gasteiger partial charge < -0.3 is 15.0 Å². The molecule has 2 amide bonds. The first kappa shape index (κ1) is 23.9. The van der Waals surface area contributed by atoms with Crippen molar-refractivity contribution in [3.05, 3.63) is 64.1 Å². The van der Waals surface area contributed by atoms with Crippen LogP contribution in [0, 0.1) is 0 Å². The quantitative estimate of drug-likeness (QED) is 0.532. The van der Waals surface area contributed by atoms with Gasteiger partial charge in [0.1, 0.15) is 11.8 Å². The Labute approximate surface area is 187 Å². The fourth-order valence-electron chi connectivity index (χ4n) is 3.08. The maximum Gasteiger partial charge on any atom is 0.261 e. The third-order valence-electron chi connectivity index (χ3n) is 4.87. The van der Waals surface area contributed by atoms with Crippen molar-refractivity contribution in [3.63, 3.8) is 0 Å². The molecule has 2 aromatic carbocycles. The third kappa shape index (κ3) is 6.87. The summed E-state index contributed by atoms with van der Waals surface area (Å²) >= 11 is 3.43. The van der Waals surface area contributed by atoms with Crippen molar-refractivity contribution in [1.29, 1.82) is 0 Å². The summed E-state index contributed by atoms with van der Waals surface area (Å²) < 4.78 is 6.84. The van der Waals surface area contributed by atoms with E-state index in [1.165, 1.54) is 0 Å². The van der Waals surface area contributed by atoms with E-state index in [2.05, 4.69) is 35.1 Å². The zero-order valence-corrected chi connectivity index (χ0v) is 19.7. The van der Waals surface area contributed by atoms with Gasteiger partial charge in [-0.1, -0.05) is 67.0 Å². The summed E-state index contributed by atoms with van der Waals surface area (Å²) in [5.74, 6) is 0.599. The van der Waals surface area contributed by atoms with Gasteiger partial charge in [-0.15, -0.1) is 0 Å². The number of halogens is 1. The van der Waals surface area contributed by atoms with Crippen LogP contribution in [0.5, 0.6) is 5.75 Å². The van der Waals surface area contributed by atoms with E-state index < -0.39 is 6.04 Å². The maximum absolute atomic E-state index is 13.1. The summed E-state index contributed by atoms with van der Waals surface area (Å²) in [4.78, 5) is 27.2. The average molecular weight is 475 g/mol. The van der Waals surface area contributed by atoms with Gasteiger partial charge in [0.05, 0.1) is 0 Å². The highest BCUT2D eigenvalue weighted by molar-refractivity contribution is 9.10. The van der Waals surface area contributed by atoms with Crippen molar-refractivity contribution in [1.82, 2.24) is 10.2 Å². The van der Waals surface area contributed by atoms with E-state index in [1.807, 2.05) is 55.5 Å². The van der Waals surface area contributed by atoms with E-state index >= 15 is 0 Å². The average Bonchev–Trinajstić information content (AvgIpc) is 2.75. The van der Waals surface area contributed by atoms with Gasteiger partial charge in [-0.2, -0.15) is 0 Å². The minimum absolute atomic E-state index is 0.119. The highest BCUT2D eigenvalue weighted by Crippen LogP contribution is 2.26. The highest BCUT2D eigenvalue weighted by atomic mass is 79.9. The van der Waals surface area contributed by atoms with Gasteiger partial charge >= 0.3 is 0 Å². The first-order chi connectivity index (χ1) is 14.3. The SMILES string of the molecule is CCCNC(=O)[C@@H](C)N(Cc1ccc(Br)cc1)C(=O)COc1ccccc1C(C)C. The number of amides is 2. The summed E-state index contributed by atoms with van der Waals surface area (Å²) in [5.41, 5.74) is 2.00. The standard InChI is InChI=1S/C24H31BrN2O3/c1-5-14-26-24(29)18(4)27(15-19-10-12-20(25)13-11-19)23(28)16-30-22-9-7-6-8-21(22)17(2)3/h6-13,17-18H,5,14-16H2,1-4H3,(H,26,29)/t18-/m1/s1. The van der Waals surface area contributed by atoms with Crippen LogP contribution >= 0.6 is 15.9 Å². The summed E-state index contributed by atoms with van der Waals surface area (Å²) in [7, 11) is 0. The first-order valence-corrected chi connectivity index (χ1v) is 11.2. The normalized spacial score (nSPS) is 11.8. The Bertz CT molecular complexity index is 837. The molecule has 30 heavy (non-hydrogen) atoms. The molecule has 0 aliphatic carbocycles. The van der Waals surface area contributed by atoms with Crippen molar-refractivity contribution >= 4 is 27.7 Å². The number of ether oxygens (including phenoxy) is 1. The molecule has 0 spiro atoms. The number of carbonyl (C=O) groups is 2. The van der Waals surface area contributed by atoms with Gasteiger partial charge in [-0.3, -0.25) is 9.59 Å². The molecular formula is C24H31BrN2O3. The minimum Gasteiger partial charge on any atom is -0.483 e. The molecule has 6 heteroatoms. The summed E-state index contributed by atoms with van der Waals surface area (Å²) in [5, 5.41) is 2.88. The Morgan fingerprint density at radius 1 is 1.07 bits per heavy atom. The number of para-hydroxylation sites is 1. The fourth-order valence-corrected chi connectivity index (χ4v) is 3.34. The van der Waals surface area contributed by atoms with Crippen LogP contribution in [0.15, 0.2) is 53.0 Å². The van der Waals surface area contributed by atoms with E-state index in [4.69, 9.17) is 4.74 Å². The van der Waals surface area contributed by atoms with Crippen molar-refractivity contribution in [2.45, 2.75) is 52.6 Å². The van der Waals surface area contributed by atoms with Gasteiger partial charge in [0.15, 0.2) is 6.61 Å². The summed E-state index contributed by atoms with van der Waals surface area (Å²) in [6.07, 6.45) is 0.841. The molecule has 0 aromatic heterocycles. The monoisotopic (exact) mass is 474 g/mol. The summed E-state index contributed by atoms with van der Waals surface area (Å²) in [6.45, 7) is 8.73. The van der Waals surface area contributed by atoms with E-state index in [0.29, 0.717) is 18.8 Å². The number of hydrogen-bond donors (Lipinski definition) is 1. The van der Waals surface area contributed by atoms with Crippen LogP contribution < -0.4 is 10.1 Å². The molecule has 2 aromatic rings. The van der Waals surface area contributed by atoms with Crippen molar-refractivity contribution in [2.75, 3.05) is 13.2 Å². The Hall–Kier alpha value is -2.34. The van der Waals surface area contributed by atoms with Crippen LogP contribution in [0.2, 0.25) is 0 Å². The molecule has 0 fully saturated rings. The van der Waals surface area contributed by atoms with Crippen LogP contribution in [0.3, 0.4) is 0 Å². The number of rotatable bonds is 10. The van der Waals surface area contributed by atoms with Crippen LogP contribution in [-0.2, 0) is 16.1 Å². The highest BCUT2D eigenvalue weighted by Gasteiger charge is 2.26. The smallest absolute Gasteiger partial charge is 0.261 e. The predicted molar refractivity (Wildman–Crippen MR) is 123 cm³/mol. The molecule has 5 nitrogen and oxygen atoms in total. The van der Waals surface area contributed by atoms with Gasteiger partial charge in [-0.25, -0.2) is 0 Å². The molecule has 0 bridgehead atoms. The topological polar surface area (TPSA) is 58.6 Å². The first-order valence-electron chi connectivity index (χ1n) is 10.4. The molecule has 0 unspecified atom stereocenters. The Morgan fingerprint density at radius 3 is 2.37 bits per heavy atom. The lowest BCUT2D eigenvalue weighted by Crippen LogP contribution is -2.49. The largest absolute Gasteiger partial charge is 0.483 e. The number of carbonyl (C=O) groups excluding carboxylic acids is 2. The molecule has 0 saturated carbocycles. The van der Waals surface area contributed by atoms with Gasteiger partial charge in [0, 0.05) is 17.6 Å². The van der Waals surface area contributed by atoms with E-state index in [9.17, 15) is 9.59 Å². The third-order valence-corrected chi connectivity index (χ3v) is 5.40. The van der Waals surface area contributed by atoms with Crippen molar-refractivity contribution in [2.24, 2.45) is 0 Å². The molecular weight excluding hydrogens is 444 g/mol. The molecule has 0 aliphatic rings. The Kier molecular flexibility index (Phi) is 9.37. The number of hydrogen-bond acceptors (Lipinski definition) is 3. The van der Waals surface area contributed by atoms with Crippen LogP contribution in [0.1, 0.15) is 51.2 Å². The van der Waals surface area contributed by atoms with Crippen molar-refractivity contribution < 1.29 is 14.3 Å². The predicted octanol–water partition coefficient (Wildman–Crippen LogP) is 4.89. The zero-order valence-electron chi connectivity index (χ0n) is 18.2. The van der Waals surface area contributed by atoms with Gasteiger partial charge in [0.2, 0.25) is 5.91 Å². The molecule has 0 saturated heterocycles. The Balaban J connectivity index is 2.16. The molecule has 0 aliphatic heterocycles. The molecule has 0 heterocycles. The lowest BCUT2D eigenvalue weighted by molar-refractivity contribution is -0.142. The second-order valence-corrected chi connectivity index (χ2v) is 8.51. The van der Waals surface area contributed by atoms with E-state index in [0.717, 1.165) is 22.0 Å². The summed E-state index contributed by atoms with van der Waals surface area (Å²) in [6, 6.07) is 14.9. The molecule has 0 radical (unpaired) electrons. The maximum atomic E-state index is 13.1. The lowest BCUT2D eigenvalue weighted by Gasteiger charge is -2.29. The zero-order chi connectivity index (χ0) is 22.1. The molecule has 1 atom stereocenters. The number of nitrogens with zero attached hydrogens (tertiary/aromatic N) is 1. The van der Waals surface area contributed by atoms with Crippen molar-refractivity contribution in [3.8, 4) is 5.75 Å². The fraction of sp³-hybridized carbons (Fsp3) is 0.417. The second-order valence-electron chi connectivity index (χ2n) is 7.60. The number of nitrogens with one attached hydrogen (secondary N) is 1. The van der Waals surface area contributed by atoms with Crippen LogP contribution in [0.25, 0.3) is 0 Å². The van der Waals surface area contributed by atoms with Gasteiger partial charge in [0.25, 0.3) is 5.91 Å². The molecule has 2 rings (SSSR count). The van der Waals surface area contributed by atoms with Crippen LogP contribution in [0.4, 0.5) is 0 Å². The molecule has 1 N–H and O–H groups in total.